The molecule has 24 heavy (non-hydrogen) atoms. The SMILES string of the molecule is FC(F)(F)c1ccc(Cc2ccc3c(c2)C2CCNCC2O3)cc1. The molecule has 0 saturated carbocycles. The lowest BCUT2D eigenvalue weighted by Gasteiger charge is -2.24. The Balaban J connectivity index is 1.54. The average molecular weight is 333 g/mol. The number of piperidine rings is 1. The summed E-state index contributed by atoms with van der Waals surface area (Å²) in [5.41, 5.74) is 2.62. The first-order valence-corrected chi connectivity index (χ1v) is 8.17. The molecule has 2 heterocycles. The summed E-state index contributed by atoms with van der Waals surface area (Å²) in [5, 5.41) is 3.35. The van der Waals surface area contributed by atoms with Crippen LogP contribution in [0.3, 0.4) is 0 Å². The molecule has 2 unspecified atom stereocenters. The first kappa shape index (κ1) is 15.5. The summed E-state index contributed by atoms with van der Waals surface area (Å²) >= 11 is 0. The summed E-state index contributed by atoms with van der Waals surface area (Å²) in [4.78, 5) is 0. The highest BCUT2D eigenvalue weighted by Crippen LogP contribution is 2.41. The fourth-order valence-corrected chi connectivity index (χ4v) is 3.62. The van der Waals surface area contributed by atoms with Crippen LogP contribution in [0.2, 0.25) is 0 Å². The van der Waals surface area contributed by atoms with Crippen molar-refractivity contribution >= 4 is 0 Å². The van der Waals surface area contributed by atoms with Crippen LogP contribution in [0.1, 0.15) is 34.6 Å². The van der Waals surface area contributed by atoms with Crippen molar-refractivity contribution in [2.24, 2.45) is 0 Å². The van der Waals surface area contributed by atoms with Crippen molar-refractivity contribution in [1.29, 1.82) is 0 Å². The third kappa shape index (κ3) is 2.88. The maximum absolute atomic E-state index is 12.6. The summed E-state index contributed by atoms with van der Waals surface area (Å²) < 4.78 is 43.9. The van der Waals surface area contributed by atoms with Gasteiger partial charge in [-0.15, -0.1) is 0 Å². The van der Waals surface area contributed by atoms with E-state index in [2.05, 4.69) is 11.4 Å². The largest absolute Gasteiger partial charge is 0.488 e. The molecule has 0 aromatic heterocycles. The zero-order valence-electron chi connectivity index (χ0n) is 13.1. The van der Waals surface area contributed by atoms with E-state index in [0.29, 0.717) is 12.3 Å². The number of hydrogen-bond donors (Lipinski definition) is 1. The van der Waals surface area contributed by atoms with E-state index >= 15 is 0 Å². The van der Waals surface area contributed by atoms with Crippen LogP contribution in [0.15, 0.2) is 42.5 Å². The van der Waals surface area contributed by atoms with Crippen molar-refractivity contribution < 1.29 is 17.9 Å². The number of halogens is 3. The van der Waals surface area contributed by atoms with Gasteiger partial charge in [-0.3, -0.25) is 0 Å². The van der Waals surface area contributed by atoms with Crippen LogP contribution in [-0.4, -0.2) is 19.2 Å². The van der Waals surface area contributed by atoms with E-state index in [1.807, 2.05) is 12.1 Å². The van der Waals surface area contributed by atoms with Crippen molar-refractivity contribution in [1.82, 2.24) is 5.32 Å². The second kappa shape index (κ2) is 5.81. The molecule has 126 valence electrons. The van der Waals surface area contributed by atoms with Gasteiger partial charge in [0.15, 0.2) is 0 Å². The van der Waals surface area contributed by atoms with Gasteiger partial charge < -0.3 is 10.1 Å². The Kier molecular flexibility index (Phi) is 3.76. The molecule has 2 aliphatic heterocycles. The van der Waals surface area contributed by atoms with E-state index in [0.717, 1.165) is 48.5 Å². The zero-order valence-corrected chi connectivity index (χ0v) is 13.1. The summed E-state index contributed by atoms with van der Waals surface area (Å²) in [6.07, 6.45) is -2.40. The predicted octanol–water partition coefficient (Wildman–Crippen LogP) is 4.13. The van der Waals surface area contributed by atoms with Crippen molar-refractivity contribution in [3.8, 4) is 5.75 Å². The number of benzene rings is 2. The summed E-state index contributed by atoms with van der Waals surface area (Å²) in [7, 11) is 0. The summed E-state index contributed by atoms with van der Waals surface area (Å²) in [5.74, 6) is 1.37. The van der Waals surface area contributed by atoms with Gasteiger partial charge in [-0.1, -0.05) is 24.3 Å². The van der Waals surface area contributed by atoms with E-state index in [-0.39, 0.29) is 6.10 Å². The maximum atomic E-state index is 12.6. The van der Waals surface area contributed by atoms with Crippen LogP contribution in [0.4, 0.5) is 13.2 Å². The number of alkyl halides is 3. The standard InChI is InChI=1S/C19H18F3NO/c20-19(21,22)14-4-1-12(2-5-14)9-13-3-6-17-16(10-13)15-7-8-23-11-18(15)24-17/h1-6,10,15,18,23H,7-9,11H2. The predicted molar refractivity (Wildman–Crippen MR) is 85.3 cm³/mol. The third-order valence-electron chi connectivity index (χ3n) is 4.87. The fourth-order valence-electron chi connectivity index (χ4n) is 3.62. The second-order valence-electron chi connectivity index (χ2n) is 6.50. The topological polar surface area (TPSA) is 21.3 Å². The molecule has 2 aromatic rings. The first-order chi connectivity index (χ1) is 11.5. The number of fused-ring (bicyclic) bond motifs is 3. The van der Waals surface area contributed by atoms with Crippen LogP contribution in [-0.2, 0) is 12.6 Å². The molecule has 2 nitrogen and oxygen atoms in total. The van der Waals surface area contributed by atoms with Crippen LogP contribution in [0.5, 0.6) is 5.75 Å². The number of ether oxygens (including phenoxy) is 1. The normalized spacial score (nSPS) is 22.6. The number of hydrogen-bond acceptors (Lipinski definition) is 2. The molecular formula is C19H18F3NO. The summed E-state index contributed by atoms with van der Waals surface area (Å²) in [6, 6.07) is 11.6. The molecule has 1 saturated heterocycles. The Morgan fingerprint density at radius 3 is 2.54 bits per heavy atom. The van der Waals surface area contributed by atoms with Gasteiger partial charge >= 0.3 is 6.18 Å². The molecule has 4 rings (SSSR count). The molecule has 2 aliphatic rings. The maximum Gasteiger partial charge on any atom is 0.416 e. The Bertz CT molecular complexity index is 739. The molecule has 0 bridgehead atoms. The van der Waals surface area contributed by atoms with E-state index in [4.69, 9.17) is 4.74 Å². The van der Waals surface area contributed by atoms with E-state index in [9.17, 15) is 13.2 Å². The Morgan fingerprint density at radius 1 is 1.04 bits per heavy atom. The second-order valence-corrected chi connectivity index (χ2v) is 6.50. The fraction of sp³-hybridized carbons (Fsp3) is 0.368. The minimum atomic E-state index is -4.28. The molecule has 0 radical (unpaired) electrons. The van der Waals surface area contributed by atoms with Gasteiger partial charge in [-0.2, -0.15) is 13.2 Å². The average Bonchev–Trinajstić information content (AvgIpc) is 2.93. The van der Waals surface area contributed by atoms with Crippen molar-refractivity contribution in [2.75, 3.05) is 13.1 Å². The minimum Gasteiger partial charge on any atom is -0.488 e. The molecule has 2 aromatic carbocycles. The lowest BCUT2D eigenvalue weighted by Crippen LogP contribution is -2.39. The molecule has 2 atom stereocenters. The monoisotopic (exact) mass is 333 g/mol. The Morgan fingerprint density at radius 2 is 1.79 bits per heavy atom. The number of rotatable bonds is 2. The molecule has 1 N–H and O–H groups in total. The van der Waals surface area contributed by atoms with Gasteiger partial charge in [0.1, 0.15) is 11.9 Å². The van der Waals surface area contributed by atoms with E-state index in [1.54, 1.807) is 12.1 Å². The number of nitrogens with one attached hydrogen (secondary N) is 1. The van der Waals surface area contributed by atoms with Gasteiger partial charge in [-0.05, 0) is 48.7 Å². The molecule has 0 aliphatic carbocycles. The summed E-state index contributed by atoms with van der Waals surface area (Å²) in [6.45, 7) is 1.86. The van der Waals surface area contributed by atoms with Crippen molar-refractivity contribution in [3.63, 3.8) is 0 Å². The smallest absolute Gasteiger partial charge is 0.416 e. The Labute approximate surface area is 138 Å². The van der Waals surface area contributed by atoms with Crippen LogP contribution < -0.4 is 10.1 Å². The van der Waals surface area contributed by atoms with E-state index in [1.165, 1.54) is 5.56 Å². The Hall–Kier alpha value is -2.01. The van der Waals surface area contributed by atoms with Gasteiger partial charge in [-0.25, -0.2) is 0 Å². The highest BCUT2D eigenvalue weighted by Gasteiger charge is 2.36. The van der Waals surface area contributed by atoms with Gasteiger partial charge in [0.05, 0.1) is 5.56 Å². The molecule has 0 amide bonds. The molecule has 0 spiro atoms. The quantitative estimate of drug-likeness (QED) is 0.892. The first-order valence-electron chi connectivity index (χ1n) is 8.17. The molecular weight excluding hydrogens is 315 g/mol. The van der Waals surface area contributed by atoms with Gasteiger partial charge in [0, 0.05) is 18.0 Å². The van der Waals surface area contributed by atoms with Gasteiger partial charge in [0.25, 0.3) is 0 Å². The van der Waals surface area contributed by atoms with E-state index < -0.39 is 11.7 Å². The highest BCUT2D eigenvalue weighted by atomic mass is 19.4. The van der Waals surface area contributed by atoms with Crippen molar-refractivity contribution in [2.45, 2.75) is 31.0 Å². The molecule has 1 fully saturated rings. The van der Waals surface area contributed by atoms with Crippen molar-refractivity contribution in [3.05, 3.63) is 64.7 Å². The highest BCUT2D eigenvalue weighted by molar-refractivity contribution is 5.45. The van der Waals surface area contributed by atoms with Crippen LogP contribution in [0, 0.1) is 0 Å². The zero-order chi connectivity index (χ0) is 16.7. The lowest BCUT2D eigenvalue weighted by molar-refractivity contribution is -0.137. The lowest BCUT2D eigenvalue weighted by atomic mass is 9.88. The van der Waals surface area contributed by atoms with Crippen LogP contribution in [0.25, 0.3) is 0 Å². The van der Waals surface area contributed by atoms with Crippen LogP contribution >= 0.6 is 0 Å². The minimum absolute atomic E-state index is 0.204. The third-order valence-corrected chi connectivity index (χ3v) is 4.87. The van der Waals surface area contributed by atoms with Gasteiger partial charge in [0.2, 0.25) is 0 Å². The molecule has 5 heteroatoms.